The average molecular weight is 418 g/mol. The number of sulfonamides is 1. The molecule has 1 fully saturated rings. The first-order valence-electron chi connectivity index (χ1n) is 9.62. The van der Waals surface area contributed by atoms with Gasteiger partial charge in [-0.2, -0.15) is 4.31 Å². The van der Waals surface area contributed by atoms with Crippen LogP contribution in [0.4, 0.5) is 5.69 Å². The molecule has 1 aliphatic heterocycles. The number of ether oxygens (including phenoxy) is 1. The zero-order valence-corrected chi connectivity index (χ0v) is 17.9. The second kappa shape index (κ2) is 8.84. The van der Waals surface area contributed by atoms with E-state index in [1.807, 2.05) is 38.1 Å². The molecule has 0 saturated carbocycles. The number of amides is 1. The summed E-state index contributed by atoms with van der Waals surface area (Å²) >= 11 is 0. The molecule has 29 heavy (non-hydrogen) atoms. The lowest BCUT2D eigenvalue weighted by Gasteiger charge is -2.34. The van der Waals surface area contributed by atoms with Crippen LogP contribution in [0.1, 0.15) is 17.3 Å². The lowest BCUT2D eigenvalue weighted by Crippen LogP contribution is -2.50. The van der Waals surface area contributed by atoms with E-state index in [9.17, 15) is 13.2 Å². The van der Waals surface area contributed by atoms with Gasteiger partial charge in [0.1, 0.15) is 5.75 Å². The third-order valence-corrected chi connectivity index (χ3v) is 6.84. The van der Waals surface area contributed by atoms with E-state index in [4.69, 9.17) is 4.74 Å². The molecule has 8 heteroatoms. The van der Waals surface area contributed by atoms with E-state index in [0.717, 1.165) is 5.69 Å². The van der Waals surface area contributed by atoms with E-state index in [2.05, 4.69) is 0 Å². The van der Waals surface area contributed by atoms with Crippen molar-refractivity contribution in [2.24, 2.45) is 0 Å². The number of benzene rings is 2. The van der Waals surface area contributed by atoms with Gasteiger partial charge in [0.05, 0.1) is 11.5 Å². The van der Waals surface area contributed by atoms with Gasteiger partial charge < -0.3 is 14.5 Å². The number of nitrogens with zero attached hydrogens (tertiary/aromatic N) is 3. The van der Waals surface area contributed by atoms with Crippen molar-refractivity contribution in [1.82, 2.24) is 9.21 Å². The molecule has 0 unspecified atom stereocenters. The molecule has 0 spiro atoms. The molecule has 0 N–H and O–H groups in total. The first-order valence-corrected chi connectivity index (χ1v) is 11.1. The highest BCUT2D eigenvalue weighted by Crippen LogP contribution is 2.22. The maximum atomic E-state index is 12.9. The van der Waals surface area contributed by atoms with Gasteiger partial charge in [0, 0.05) is 51.5 Å². The standard InChI is InChI=1S/C21H27N3O4S/c1-4-28-19-9-11-20(12-10-19)29(26,27)24-15-13-23(14-16-24)21(25)17-5-7-18(8-6-17)22(2)3/h5-12H,4,13-16H2,1-3H3. The first kappa shape index (κ1) is 21.1. The Balaban J connectivity index is 1.63. The van der Waals surface area contributed by atoms with Crippen molar-refractivity contribution >= 4 is 21.6 Å². The number of anilines is 1. The number of hydrogen-bond acceptors (Lipinski definition) is 5. The van der Waals surface area contributed by atoms with E-state index in [-0.39, 0.29) is 23.9 Å². The minimum absolute atomic E-state index is 0.0755. The molecule has 0 aliphatic carbocycles. The quantitative estimate of drug-likeness (QED) is 0.721. The minimum Gasteiger partial charge on any atom is -0.494 e. The Morgan fingerprint density at radius 2 is 1.55 bits per heavy atom. The molecule has 1 saturated heterocycles. The fourth-order valence-electron chi connectivity index (χ4n) is 3.24. The summed E-state index contributed by atoms with van der Waals surface area (Å²) in [6.07, 6.45) is 0. The zero-order chi connectivity index (χ0) is 21.0. The molecule has 1 amide bonds. The van der Waals surface area contributed by atoms with Crippen LogP contribution < -0.4 is 9.64 Å². The van der Waals surface area contributed by atoms with Crippen molar-refractivity contribution in [3.63, 3.8) is 0 Å². The van der Waals surface area contributed by atoms with E-state index < -0.39 is 10.0 Å². The van der Waals surface area contributed by atoms with Crippen molar-refractivity contribution in [2.45, 2.75) is 11.8 Å². The number of carbonyl (C=O) groups excluding carboxylic acids is 1. The van der Waals surface area contributed by atoms with Gasteiger partial charge in [-0.3, -0.25) is 4.79 Å². The molecule has 0 radical (unpaired) electrons. The van der Waals surface area contributed by atoms with Crippen molar-refractivity contribution in [2.75, 3.05) is 51.8 Å². The Labute approximate surface area is 172 Å². The normalized spacial score (nSPS) is 15.2. The summed E-state index contributed by atoms with van der Waals surface area (Å²) in [6, 6.07) is 13.9. The largest absolute Gasteiger partial charge is 0.494 e. The molecule has 156 valence electrons. The van der Waals surface area contributed by atoms with E-state index >= 15 is 0 Å². The van der Waals surface area contributed by atoms with Crippen LogP contribution in [0.5, 0.6) is 5.75 Å². The molecule has 1 aliphatic rings. The number of carbonyl (C=O) groups is 1. The molecule has 0 bridgehead atoms. The van der Waals surface area contributed by atoms with Gasteiger partial charge in [0.15, 0.2) is 0 Å². The molecular formula is C21H27N3O4S. The lowest BCUT2D eigenvalue weighted by molar-refractivity contribution is 0.0698. The maximum absolute atomic E-state index is 12.9. The van der Waals surface area contributed by atoms with Gasteiger partial charge in [-0.05, 0) is 55.5 Å². The van der Waals surface area contributed by atoms with E-state index in [1.54, 1.807) is 41.3 Å². The fraction of sp³-hybridized carbons (Fsp3) is 0.381. The topological polar surface area (TPSA) is 70.2 Å². The van der Waals surface area contributed by atoms with Crippen molar-refractivity contribution in [1.29, 1.82) is 0 Å². The lowest BCUT2D eigenvalue weighted by atomic mass is 10.1. The van der Waals surface area contributed by atoms with E-state index in [1.165, 1.54) is 4.31 Å². The molecule has 3 rings (SSSR count). The zero-order valence-electron chi connectivity index (χ0n) is 17.0. The van der Waals surface area contributed by atoms with Gasteiger partial charge in [-0.25, -0.2) is 8.42 Å². The molecule has 2 aromatic rings. The van der Waals surface area contributed by atoms with E-state index in [0.29, 0.717) is 31.0 Å². The summed E-state index contributed by atoms with van der Waals surface area (Å²) in [4.78, 5) is 16.6. The summed E-state index contributed by atoms with van der Waals surface area (Å²) in [5.74, 6) is 0.565. The van der Waals surface area contributed by atoms with Crippen LogP contribution in [0.25, 0.3) is 0 Å². The highest BCUT2D eigenvalue weighted by Gasteiger charge is 2.30. The van der Waals surface area contributed by atoms with Crippen LogP contribution >= 0.6 is 0 Å². The van der Waals surface area contributed by atoms with Crippen LogP contribution in [0.3, 0.4) is 0 Å². The second-order valence-corrected chi connectivity index (χ2v) is 8.98. The third kappa shape index (κ3) is 4.71. The first-order chi connectivity index (χ1) is 13.8. The monoisotopic (exact) mass is 417 g/mol. The fourth-order valence-corrected chi connectivity index (χ4v) is 4.66. The number of piperazine rings is 1. The van der Waals surface area contributed by atoms with Crippen LogP contribution in [-0.4, -0.2) is 70.4 Å². The van der Waals surface area contributed by atoms with Gasteiger partial charge in [0.25, 0.3) is 5.91 Å². The Morgan fingerprint density at radius 1 is 0.966 bits per heavy atom. The Hall–Kier alpha value is -2.58. The molecule has 0 atom stereocenters. The Morgan fingerprint density at radius 3 is 2.07 bits per heavy atom. The van der Waals surface area contributed by atoms with Crippen molar-refractivity contribution in [3.05, 3.63) is 54.1 Å². The van der Waals surface area contributed by atoms with Crippen LogP contribution in [0.2, 0.25) is 0 Å². The molecule has 2 aromatic carbocycles. The predicted octanol–water partition coefficient (Wildman–Crippen LogP) is 2.30. The summed E-state index contributed by atoms with van der Waals surface area (Å²) in [6.45, 7) is 3.69. The maximum Gasteiger partial charge on any atom is 0.253 e. The summed E-state index contributed by atoms with van der Waals surface area (Å²) in [7, 11) is 0.302. The SMILES string of the molecule is CCOc1ccc(S(=O)(=O)N2CCN(C(=O)c3ccc(N(C)C)cc3)CC2)cc1. The minimum atomic E-state index is -3.59. The van der Waals surface area contributed by atoms with Crippen molar-refractivity contribution < 1.29 is 17.9 Å². The highest BCUT2D eigenvalue weighted by molar-refractivity contribution is 7.89. The number of rotatable bonds is 6. The van der Waals surface area contributed by atoms with Crippen LogP contribution in [0, 0.1) is 0 Å². The molecule has 7 nitrogen and oxygen atoms in total. The number of hydrogen-bond donors (Lipinski definition) is 0. The van der Waals surface area contributed by atoms with Crippen molar-refractivity contribution in [3.8, 4) is 5.75 Å². The summed E-state index contributed by atoms with van der Waals surface area (Å²) in [5.41, 5.74) is 1.63. The highest BCUT2D eigenvalue weighted by atomic mass is 32.2. The smallest absolute Gasteiger partial charge is 0.253 e. The third-order valence-electron chi connectivity index (χ3n) is 4.93. The van der Waals surface area contributed by atoms with Gasteiger partial charge >= 0.3 is 0 Å². The van der Waals surface area contributed by atoms with Gasteiger partial charge in [-0.15, -0.1) is 0 Å². The molecule has 0 aromatic heterocycles. The van der Waals surface area contributed by atoms with Crippen LogP contribution in [0.15, 0.2) is 53.4 Å². The summed E-state index contributed by atoms with van der Waals surface area (Å²) in [5, 5.41) is 0. The van der Waals surface area contributed by atoms with Crippen LogP contribution in [-0.2, 0) is 10.0 Å². The Kier molecular flexibility index (Phi) is 6.44. The second-order valence-electron chi connectivity index (χ2n) is 7.04. The average Bonchev–Trinajstić information content (AvgIpc) is 2.74. The van der Waals surface area contributed by atoms with Gasteiger partial charge in [-0.1, -0.05) is 0 Å². The Bertz CT molecular complexity index is 933. The molecular weight excluding hydrogens is 390 g/mol. The van der Waals surface area contributed by atoms with Gasteiger partial charge in [0.2, 0.25) is 10.0 Å². The molecule has 1 heterocycles. The predicted molar refractivity (Wildman–Crippen MR) is 113 cm³/mol. The summed E-state index contributed by atoms with van der Waals surface area (Å²) < 4.78 is 32.6.